The second kappa shape index (κ2) is 6.56. The van der Waals surface area contributed by atoms with Gasteiger partial charge in [0.15, 0.2) is 0 Å². The van der Waals surface area contributed by atoms with Gasteiger partial charge in [-0.1, -0.05) is 12.6 Å². The Labute approximate surface area is 135 Å². The highest BCUT2D eigenvalue weighted by atomic mass is 16.2. The molecule has 0 radical (unpaired) electrons. The Morgan fingerprint density at radius 3 is 3.00 bits per heavy atom. The van der Waals surface area contributed by atoms with Crippen LogP contribution in [0, 0.1) is 6.92 Å². The highest BCUT2D eigenvalue weighted by Crippen LogP contribution is 2.27. The van der Waals surface area contributed by atoms with Crippen molar-refractivity contribution in [3.05, 3.63) is 54.6 Å². The molecule has 1 aliphatic heterocycles. The first kappa shape index (κ1) is 15.1. The van der Waals surface area contributed by atoms with Crippen LogP contribution < -0.4 is 5.32 Å². The lowest BCUT2D eigenvalue weighted by molar-refractivity contribution is -0.125. The molecule has 1 atom stereocenters. The Bertz CT molecular complexity index is 716. The van der Waals surface area contributed by atoms with E-state index < -0.39 is 0 Å². The van der Waals surface area contributed by atoms with E-state index in [1.807, 2.05) is 31.2 Å². The minimum atomic E-state index is -0.0230. The Morgan fingerprint density at radius 1 is 1.39 bits per heavy atom. The molecule has 3 rings (SSSR count). The molecule has 0 spiro atoms. The van der Waals surface area contributed by atoms with Crippen LogP contribution in [0.25, 0.3) is 0 Å². The number of carbonyl (C=O) groups is 1. The minimum Gasteiger partial charge on any atom is -0.338 e. The third kappa shape index (κ3) is 3.53. The predicted molar refractivity (Wildman–Crippen MR) is 88.4 cm³/mol. The van der Waals surface area contributed by atoms with Gasteiger partial charge < -0.3 is 10.2 Å². The van der Waals surface area contributed by atoms with Crippen LogP contribution in [0.1, 0.15) is 23.9 Å². The molecule has 3 heterocycles. The fourth-order valence-corrected chi connectivity index (χ4v) is 2.76. The highest BCUT2D eigenvalue weighted by Gasteiger charge is 2.27. The predicted octanol–water partition coefficient (Wildman–Crippen LogP) is 2.43. The van der Waals surface area contributed by atoms with Gasteiger partial charge in [0.1, 0.15) is 17.5 Å². The number of rotatable bonds is 4. The summed E-state index contributed by atoms with van der Waals surface area (Å²) in [5.41, 5.74) is 0.954. The number of pyridine rings is 1. The van der Waals surface area contributed by atoms with Gasteiger partial charge in [0, 0.05) is 31.3 Å². The average Bonchev–Trinajstić information content (AvgIpc) is 3.04. The lowest BCUT2D eigenvalue weighted by Gasteiger charge is -2.15. The van der Waals surface area contributed by atoms with E-state index in [4.69, 9.17) is 0 Å². The summed E-state index contributed by atoms with van der Waals surface area (Å²) < 4.78 is 0. The van der Waals surface area contributed by atoms with Crippen molar-refractivity contribution in [2.24, 2.45) is 0 Å². The molecule has 0 aliphatic carbocycles. The van der Waals surface area contributed by atoms with Crippen molar-refractivity contribution in [3.63, 3.8) is 0 Å². The quantitative estimate of drug-likeness (QED) is 0.878. The van der Waals surface area contributed by atoms with E-state index in [-0.39, 0.29) is 11.8 Å². The summed E-state index contributed by atoms with van der Waals surface area (Å²) in [7, 11) is 0. The molecule has 23 heavy (non-hydrogen) atoms. The zero-order valence-corrected chi connectivity index (χ0v) is 13.1. The van der Waals surface area contributed by atoms with E-state index in [0.717, 1.165) is 30.3 Å². The SMILES string of the molecule is C=CC(=O)N1CC[C@@H](c2cc(Nc3ccccn3)nc(C)n2)C1. The zero-order valence-electron chi connectivity index (χ0n) is 13.1. The van der Waals surface area contributed by atoms with Gasteiger partial charge in [0.05, 0.1) is 5.69 Å². The number of aromatic nitrogens is 3. The smallest absolute Gasteiger partial charge is 0.245 e. The van der Waals surface area contributed by atoms with E-state index >= 15 is 0 Å². The Kier molecular flexibility index (Phi) is 4.32. The van der Waals surface area contributed by atoms with Gasteiger partial charge >= 0.3 is 0 Å². The molecule has 6 nitrogen and oxygen atoms in total. The maximum Gasteiger partial charge on any atom is 0.245 e. The lowest BCUT2D eigenvalue weighted by atomic mass is 10.0. The Hall–Kier alpha value is -2.76. The van der Waals surface area contributed by atoms with Crippen molar-refractivity contribution >= 4 is 17.5 Å². The monoisotopic (exact) mass is 309 g/mol. The largest absolute Gasteiger partial charge is 0.338 e. The van der Waals surface area contributed by atoms with E-state index in [2.05, 4.69) is 26.8 Å². The summed E-state index contributed by atoms with van der Waals surface area (Å²) in [4.78, 5) is 26.7. The molecule has 1 saturated heterocycles. The average molecular weight is 309 g/mol. The van der Waals surface area contributed by atoms with Crippen LogP contribution in [-0.4, -0.2) is 38.8 Å². The second-order valence-corrected chi connectivity index (χ2v) is 5.54. The van der Waals surface area contributed by atoms with Crippen molar-refractivity contribution in [1.82, 2.24) is 19.9 Å². The van der Waals surface area contributed by atoms with E-state index in [9.17, 15) is 4.79 Å². The molecule has 1 N–H and O–H groups in total. The lowest BCUT2D eigenvalue weighted by Crippen LogP contribution is -2.26. The first-order chi connectivity index (χ1) is 11.2. The molecule has 0 unspecified atom stereocenters. The van der Waals surface area contributed by atoms with Crippen molar-refractivity contribution in [1.29, 1.82) is 0 Å². The number of hydrogen-bond acceptors (Lipinski definition) is 5. The summed E-state index contributed by atoms with van der Waals surface area (Å²) in [5.74, 6) is 2.37. The van der Waals surface area contributed by atoms with Gasteiger partial charge in [-0.25, -0.2) is 15.0 Å². The standard InChI is InChI=1S/C17H19N5O/c1-3-17(23)22-9-7-13(11-22)14-10-16(20-12(2)19-14)21-15-6-4-5-8-18-15/h3-6,8,10,13H,1,7,9,11H2,2H3,(H,18,19,20,21)/t13-/m1/s1. The fraction of sp³-hybridized carbons (Fsp3) is 0.294. The first-order valence-corrected chi connectivity index (χ1v) is 7.60. The normalized spacial score (nSPS) is 17.1. The fourth-order valence-electron chi connectivity index (χ4n) is 2.76. The second-order valence-electron chi connectivity index (χ2n) is 5.54. The number of hydrogen-bond donors (Lipinski definition) is 1. The van der Waals surface area contributed by atoms with E-state index in [1.54, 1.807) is 11.1 Å². The van der Waals surface area contributed by atoms with Crippen LogP contribution in [0.2, 0.25) is 0 Å². The topological polar surface area (TPSA) is 71.0 Å². The van der Waals surface area contributed by atoms with Gasteiger partial charge in [-0.05, 0) is 31.6 Å². The van der Waals surface area contributed by atoms with Crippen LogP contribution in [0.15, 0.2) is 43.1 Å². The zero-order chi connectivity index (χ0) is 16.2. The van der Waals surface area contributed by atoms with Crippen molar-refractivity contribution < 1.29 is 4.79 Å². The molecule has 6 heteroatoms. The maximum atomic E-state index is 11.7. The molecular weight excluding hydrogens is 290 g/mol. The summed E-state index contributed by atoms with van der Waals surface area (Å²) in [5, 5.41) is 3.19. The molecule has 118 valence electrons. The van der Waals surface area contributed by atoms with Crippen molar-refractivity contribution in [3.8, 4) is 0 Å². The molecule has 0 saturated carbocycles. The summed E-state index contributed by atoms with van der Waals surface area (Å²) in [6.45, 7) is 6.82. The number of nitrogens with one attached hydrogen (secondary N) is 1. The summed E-state index contributed by atoms with van der Waals surface area (Å²) >= 11 is 0. The third-order valence-electron chi connectivity index (χ3n) is 3.87. The Morgan fingerprint density at radius 2 is 2.26 bits per heavy atom. The third-order valence-corrected chi connectivity index (χ3v) is 3.87. The highest BCUT2D eigenvalue weighted by molar-refractivity contribution is 5.87. The molecular formula is C17H19N5O. The van der Waals surface area contributed by atoms with E-state index in [1.165, 1.54) is 6.08 Å². The number of carbonyl (C=O) groups excluding carboxylic acids is 1. The van der Waals surface area contributed by atoms with Gasteiger partial charge in [-0.3, -0.25) is 4.79 Å². The molecule has 1 fully saturated rings. The first-order valence-electron chi connectivity index (χ1n) is 7.60. The summed E-state index contributed by atoms with van der Waals surface area (Å²) in [6.07, 6.45) is 3.99. The Balaban J connectivity index is 1.78. The minimum absolute atomic E-state index is 0.0230. The number of aryl methyl sites for hydroxylation is 1. The van der Waals surface area contributed by atoms with Crippen LogP contribution >= 0.6 is 0 Å². The molecule has 0 bridgehead atoms. The van der Waals surface area contributed by atoms with E-state index in [0.29, 0.717) is 12.4 Å². The van der Waals surface area contributed by atoms with Gasteiger partial charge in [-0.2, -0.15) is 0 Å². The van der Waals surface area contributed by atoms with Gasteiger partial charge in [-0.15, -0.1) is 0 Å². The van der Waals surface area contributed by atoms with Crippen LogP contribution in [-0.2, 0) is 4.79 Å². The maximum absolute atomic E-state index is 11.7. The van der Waals surface area contributed by atoms with Crippen LogP contribution in [0.3, 0.4) is 0 Å². The molecule has 2 aromatic rings. The van der Waals surface area contributed by atoms with Crippen LogP contribution in [0.5, 0.6) is 0 Å². The number of amides is 1. The number of nitrogens with zero attached hydrogens (tertiary/aromatic N) is 4. The number of anilines is 2. The summed E-state index contributed by atoms with van der Waals surface area (Å²) in [6, 6.07) is 7.61. The van der Waals surface area contributed by atoms with Crippen molar-refractivity contribution in [2.75, 3.05) is 18.4 Å². The van der Waals surface area contributed by atoms with Crippen molar-refractivity contribution in [2.45, 2.75) is 19.3 Å². The van der Waals surface area contributed by atoms with Crippen LogP contribution in [0.4, 0.5) is 11.6 Å². The van der Waals surface area contributed by atoms with Gasteiger partial charge in [0.2, 0.25) is 5.91 Å². The molecule has 1 amide bonds. The molecule has 1 aliphatic rings. The van der Waals surface area contributed by atoms with Gasteiger partial charge in [0.25, 0.3) is 0 Å². The molecule has 2 aromatic heterocycles. The number of likely N-dealkylation sites (tertiary alicyclic amines) is 1. The molecule has 0 aromatic carbocycles.